The Morgan fingerprint density at radius 1 is 1.14 bits per heavy atom. The van der Waals surface area contributed by atoms with Gasteiger partial charge in [0, 0.05) is 48.6 Å². The number of aromatic nitrogens is 2. The molecule has 6 rings (SSSR count). The van der Waals surface area contributed by atoms with Crippen molar-refractivity contribution in [3.8, 4) is 11.3 Å². The second-order valence-electron chi connectivity index (χ2n) is 11.3. The molecule has 2 amide bonds. The average molecular weight is 606 g/mol. The molecule has 0 radical (unpaired) electrons. The van der Waals surface area contributed by atoms with Crippen molar-refractivity contribution in [3.05, 3.63) is 76.7 Å². The summed E-state index contributed by atoms with van der Waals surface area (Å²) < 4.78 is 29.1. The first-order valence-electron chi connectivity index (χ1n) is 14.4. The predicted molar refractivity (Wildman–Crippen MR) is 162 cm³/mol. The van der Waals surface area contributed by atoms with Crippen LogP contribution in [0.25, 0.3) is 16.8 Å². The van der Waals surface area contributed by atoms with Crippen molar-refractivity contribution in [3.63, 3.8) is 0 Å². The van der Waals surface area contributed by atoms with E-state index in [0.29, 0.717) is 35.5 Å². The third-order valence-electron chi connectivity index (χ3n) is 8.46. The Labute approximate surface area is 253 Å². The molecule has 2 bridgehead atoms. The lowest BCUT2D eigenvalue weighted by Crippen LogP contribution is -2.38. The molecule has 3 atom stereocenters. The lowest BCUT2D eigenvalue weighted by molar-refractivity contribution is -0.622. The first kappa shape index (κ1) is 28.9. The van der Waals surface area contributed by atoms with Gasteiger partial charge in [-0.25, -0.2) is 0 Å². The minimum absolute atomic E-state index is 0.0287. The number of hydrogen-bond acceptors (Lipinski definition) is 4. The predicted octanol–water partition coefficient (Wildman–Crippen LogP) is 6.24. The van der Waals surface area contributed by atoms with E-state index in [2.05, 4.69) is 10.4 Å². The van der Waals surface area contributed by atoms with Gasteiger partial charge in [-0.15, -0.1) is 8.78 Å². The molecule has 8 nitrogen and oxygen atoms in total. The van der Waals surface area contributed by atoms with Crippen LogP contribution < -0.4 is 5.32 Å². The lowest BCUT2D eigenvalue weighted by Gasteiger charge is -2.35. The number of benzene rings is 1. The van der Waals surface area contributed by atoms with Crippen LogP contribution in [0.2, 0.25) is 5.02 Å². The lowest BCUT2D eigenvalue weighted by atomic mass is 9.88. The number of hydrazone groups is 1. The molecule has 0 saturated carbocycles. The molecule has 5 heterocycles. The van der Waals surface area contributed by atoms with Crippen molar-refractivity contribution in [2.45, 2.75) is 51.1 Å². The summed E-state index contributed by atoms with van der Waals surface area (Å²) in [6.07, 6.45) is 10.8. The number of rotatable bonds is 4. The molecule has 43 heavy (non-hydrogen) atoms. The van der Waals surface area contributed by atoms with Gasteiger partial charge in [-0.05, 0) is 76.1 Å². The third kappa shape index (κ3) is 5.76. The number of pyridine rings is 1. The highest BCUT2D eigenvalue weighted by Gasteiger charge is 2.33. The van der Waals surface area contributed by atoms with Crippen LogP contribution in [0.3, 0.4) is 0 Å². The Balaban J connectivity index is 1.34. The number of carbonyl (C=O) groups excluding carboxylic acids is 2. The third-order valence-corrected chi connectivity index (χ3v) is 8.70. The van der Waals surface area contributed by atoms with Gasteiger partial charge in [0.25, 0.3) is 0 Å². The normalized spacial score (nSPS) is 22.5. The van der Waals surface area contributed by atoms with Crippen molar-refractivity contribution in [2.24, 2.45) is 18.1 Å². The fourth-order valence-corrected chi connectivity index (χ4v) is 6.35. The van der Waals surface area contributed by atoms with Crippen LogP contribution in [0.4, 0.5) is 14.5 Å². The molecule has 3 aliphatic rings. The maximum Gasteiger partial charge on any atom is 0.474 e. The molecule has 3 aromatic rings. The Hall–Kier alpha value is -4.18. The van der Waals surface area contributed by atoms with Crippen LogP contribution >= 0.6 is 11.6 Å². The van der Waals surface area contributed by atoms with Gasteiger partial charge in [-0.1, -0.05) is 31.0 Å². The van der Waals surface area contributed by atoms with E-state index in [0.717, 1.165) is 45.8 Å². The molecule has 0 spiro atoms. The van der Waals surface area contributed by atoms with Crippen LogP contribution in [0.1, 0.15) is 61.4 Å². The zero-order valence-electron chi connectivity index (χ0n) is 23.9. The van der Waals surface area contributed by atoms with Crippen LogP contribution in [0.15, 0.2) is 60.0 Å². The standard InChI is InChI=1S/C32H31ClF2N6O2/c1-19-4-3-5-28(27-14-21(8-11-36-27)30-26(38-31(19)43)10-12-39(30)2)40-13-9-20(15-29(40)42)25-16-23(33)6-7-24(25)22-17-37-41(18-22)32(34)35/h6-8,10-12,14-19,22,28,32H,3-5,9,13H2,1-2H3/p+1/t19-,22?,28+/m1/s1. The summed E-state index contributed by atoms with van der Waals surface area (Å²) in [6.45, 7) is -0.360. The van der Waals surface area contributed by atoms with Gasteiger partial charge in [-0.2, -0.15) is 0 Å². The summed E-state index contributed by atoms with van der Waals surface area (Å²) in [7, 11) is 1.93. The maximum atomic E-state index is 13.8. The number of alkyl halides is 2. The van der Waals surface area contributed by atoms with Crippen molar-refractivity contribution in [1.29, 1.82) is 0 Å². The molecular weight excluding hydrogens is 574 g/mol. The van der Waals surface area contributed by atoms with E-state index in [-0.39, 0.29) is 23.8 Å². The van der Waals surface area contributed by atoms with E-state index in [4.69, 9.17) is 16.6 Å². The smallest absolute Gasteiger partial charge is 0.349 e. The quantitative estimate of drug-likeness (QED) is 0.282. The van der Waals surface area contributed by atoms with E-state index < -0.39 is 12.5 Å². The summed E-state index contributed by atoms with van der Waals surface area (Å²) in [5, 5.41) is 7.39. The molecule has 3 aliphatic heterocycles. The van der Waals surface area contributed by atoms with Gasteiger partial charge in [-0.3, -0.25) is 14.6 Å². The van der Waals surface area contributed by atoms with Gasteiger partial charge in [0.15, 0.2) is 6.21 Å². The van der Waals surface area contributed by atoms with E-state index in [1.54, 1.807) is 30.5 Å². The molecule has 1 unspecified atom stereocenters. The van der Waals surface area contributed by atoms with Gasteiger partial charge in [0.2, 0.25) is 11.8 Å². The van der Waals surface area contributed by atoms with Crippen LogP contribution in [0, 0.1) is 5.92 Å². The second-order valence-corrected chi connectivity index (χ2v) is 11.7. The van der Waals surface area contributed by atoms with Gasteiger partial charge < -0.3 is 14.8 Å². The van der Waals surface area contributed by atoms with E-state index in [9.17, 15) is 18.4 Å². The van der Waals surface area contributed by atoms with Crippen LogP contribution in [-0.2, 0) is 16.6 Å². The summed E-state index contributed by atoms with van der Waals surface area (Å²) in [6, 6.07) is 10.8. The number of nitrogens with one attached hydrogen (secondary N) is 1. The van der Waals surface area contributed by atoms with Crippen molar-refractivity contribution >= 4 is 47.1 Å². The molecule has 222 valence electrons. The highest BCUT2D eigenvalue weighted by atomic mass is 35.5. The fourth-order valence-electron chi connectivity index (χ4n) is 6.18. The number of halogens is 3. The number of amides is 2. The highest BCUT2D eigenvalue weighted by molar-refractivity contribution is 6.30. The zero-order valence-corrected chi connectivity index (χ0v) is 24.6. The Bertz CT molecular complexity index is 1680. The van der Waals surface area contributed by atoms with E-state index >= 15 is 0 Å². The topological polar surface area (TPSA) is 82.6 Å². The van der Waals surface area contributed by atoms with Gasteiger partial charge >= 0.3 is 6.55 Å². The highest BCUT2D eigenvalue weighted by Crippen LogP contribution is 2.38. The molecule has 1 N–H and O–H groups in total. The van der Waals surface area contributed by atoms with Crippen LogP contribution in [-0.4, -0.2) is 56.5 Å². The summed E-state index contributed by atoms with van der Waals surface area (Å²) in [5.41, 5.74) is 5.62. The number of anilines is 1. The number of hydrogen-bond donors (Lipinski definition) is 1. The monoisotopic (exact) mass is 605 g/mol. The largest absolute Gasteiger partial charge is 0.474 e. The van der Waals surface area contributed by atoms with Gasteiger partial charge in [0.05, 0.1) is 29.3 Å². The Morgan fingerprint density at radius 2 is 1.98 bits per heavy atom. The Kier molecular flexibility index (Phi) is 7.96. The summed E-state index contributed by atoms with van der Waals surface area (Å²) in [4.78, 5) is 33.3. The first-order valence-corrected chi connectivity index (χ1v) is 14.8. The zero-order chi connectivity index (χ0) is 30.2. The van der Waals surface area contributed by atoms with E-state index in [1.165, 1.54) is 12.4 Å². The molecule has 0 aliphatic carbocycles. The van der Waals surface area contributed by atoms with E-state index in [1.807, 2.05) is 47.8 Å². The van der Waals surface area contributed by atoms with Crippen molar-refractivity contribution in [2.75, 3.05) is 11.9 Å². The molecule has 0 fully saturated rings. The first-order chi connectivity index (χ1) is 20.7. The van der Waals surface area contributed by atoms with Crippen molar-refractivity contribution in [1.82, 2.24) is 14.5 Å². The molecule has 0 saturated heterocycles. The maximum absolute atomic E-state index is 13.8. The molecule has 11 heteroatoms. The number of fused-ring (bicyclic) bond motifs is 4. The minimum atomic E-state index is -2.73. The number of aryl methyl sites for hydroxylation is 1. The SMILES string of the molecule is C[C@@H]1CCC[C@H](N2CCC(c3cc(Cl)ccc3C3C=N[N+](C(F)F)=C3)=CC2=O)c2cc(ccn2)-c2c(ccn2C)NC1=O. The molecule has 2 aromatic heterocycles. The minimum Gasteiger partial charge on any atom is -0.349 e. The second kappa shape index (κ2) is 11.8. The number of nitrogens with zero attached hydrogens (tertiary/aromatic N) is 5. The van der Waals surface area contributed by atoms with Gasteiger partial charge in [0.1, 0.15) is 5.92 Å². The number of carbonyl (C=O) groups is 2. The fraction of sp³-hybridized carbons (Fsp3) is 0.344. The van der Waals surface area contributed by atoms with Crippen molar-refractivity contribution < 1.29 is 23.1 Å². The molecular formula is C32H32ClF2N6O2+. The summed E-state index contributed by atoms with van der Waals surface area (Å²) in [5.74, 6) is -0.838. The average Bonchev–Trinajstić information content (AvgIpc) is 3.62. The Morgan fingerprint density at radius 3 is 2.74 bits per heavy atom. The summed E-state index contributed by atoms with van der Waals surface area (Å²) >= 11 is 6.36. The van der Waals surface area contributed by atoms with Crippen LogP contribution in [0.5, 0.6) is 0 Å². The molecule has 1 aromatic carbocycles.